The molecule has 0 bridgehead atoms. The number of aromatic nitrogens is 3. The van der Waals surface area contributed by atoms with Gasteiger partial charge in [-0.2, -0.15) is 5.10 Å². The van der Waals surface area contributed by atoms with Crippen LogP contribution in [-0.2, 0) is 13.5 Å². The van der Waals surface area contributed by atoms with Crippen LogP contribution in [0, 0.1) is 0 Å². The van der Waals surface area contributed by atoms with Gasteiger partial charge in [-0.15, -0.1) is 0 Å². The second kappa shape index (κ2) is 5.86. The molecule has 6 heteroatoms. The topological polar surface area (TPSA) is 42.5 Å². The second-order valence-electron chi connectivity index (χ2n) is 7.16. The van der Waals surface area contributed by atoms with Crippen LogP contribution in [0.5, 0.6) is 0 Å². The van der Waals surface area contributed by atoms with Gasteiger partial charge in [0, 0.05) is 36.9 Å². The fourth-order valence-corrected chi connectivity index (χ4v) is 4.34. The maximum Gasteiger partial charge on any atom is 0.274 e. The van der Waals surface area contributed by atoms with Crippen LogP contribution in [0.2, 0.25) is 5.02 Å². The number of hydrogen-bond acceptors (Lipinski definition) is 2. The van der Waals surface area contributed by atoms with Crippen LogP contribution in [0.1, 0.15) is 34.6 Å². The van der Waals surface area contributed by atoms with Crippen LogP contribution >= 0.6 is 11.6 Å². The molecule has 0 N–H and O–H groups in total. The molecule has 3 aromatic heterocycles. The molecular formula is C21H19ClN4O. The van der Waals surface area contributed by atoms with E-state index in [2.05, 4.69) is 48.0 Å². The Balaban J connectivity index is 1.52. The number of amides is 1. The molecule has 1 amide bonds. The Bertz CT molecular complexity index is 1210. The van der Waals surface area contributed by atoms with Crippen LogP contribution < -0.4 is 0 Å². The standard InChI is InChI=1S/C21H19ClN4O/c1-13-16-5-6-20-18(7-9-24(20)2)17(16)8-10-25(13)21(27)19-11-15-4-3-14(22)12-26(15)23-19/h3-7,9,11-13H,8,10H2,1-2H3. The van der Waals surface area contributed by atoms with Gasteiger partial charge in [-0.05, 0) is 54.8 Å². The number of rotatable bonds is 1. The van der Waals surface area contributed by atoms with Crippen LogP contribution in [-0.4, -0.2) is 31.5 Å². The molecule has 0 fully saturated rings. The Morgan fingerprint density at radius 2 is 2.07 bits per heavy atom. The Kier molecular flexibility index (Phi) is 3.56. The number of aryl methyl sites for hydroxylation is 1. The van der Waals surface area contributed by atoms with E-state index in [1.807, 2.05) is 17.0 Å². The number of halogens is 1. The summed E-state index contributed by atoms with van der Waals surface area (Å²) in [5.41, 5.74) is 5.12. The van der Waals surface area contributed by atoms with Gasteiger partial charge in [0.2, 0.25) is 0 Å². The van der Waals surface area contributed by atoms with Gasteiger partial charge in [0.15, 0.2) is 5.69 Å². The summed E-state index contributed by atoms with van der Waals surface area (Å²) < 4.78 is 3.80. The lowest BCUT2D eigenvalue weighted by atomic mass is 9.90. The average molecular weight is 379 g/mol. The minimum Gasteiger partial charge on any atom is -0.351 e. The molecule has 0 radical (unpaired) electrons. The molecule has 0 saturated carbocycles. The molecular weight excluding hydrogens is 360 g/mol. The first-order valence-corrected chi connectivity index (χ1v) is 9.43. The summed E-state index contributed by atoms with van der Waals surface area (Å²) >= 11 is 6.03. The van der Waals surface area contributed by atoms with Gasteiger partial charge in [-0.1, -0.05) is 17.7 Å². The molecule has 0 aliphatic carbocycles. The molecule has 5 rings (SSSR count). The summed E-state index contributed by atoms with van der Waals surface area (Å²) in [7, 11) is 2.06. The fraction of sp³-hybridized carbons (Fsp3) is 0.238. The smallest absolute Gasteiger partial charge is 0.274 e. The van der Waals surface area contributed by atoms with Crippen molar-refractivity contribution in [1.29, 1.82) is 0 Å². The predicted octanol–water partition coefficient (Wildman–Crippen LogP) is 4.24. The first-order valence-electron chi connectivity index (χ1n) is 9.05. The van der Waals surface area contributed by atoms with Crippen molar-refractivity contribution in [2.24, 2.45) is 7.05 Å². The van der Waals surface area contributed by atoms with Gasteiger partial charge in [0.25, 0.3) is 5.91 Å². The van der Waals surface area contributed by atoms with E-state index in [1.165, 1.54) is 22.0 Å². The average Bonchev–Trinajstić information content (AvgIpc) is 3.25. The minimum absolute atomic E-state index is 0.0132. The molecule has 1 atom stereocenters. The number of carbonyl (C=O) groups is 1. The Hall–Kier alpha value is -2.79. The molecule has 1 aliphatic heterocycles. The number of fused-ring (bicyclic) bond motifs is 4. The Labute approximate surface area is 161 Å². The van der Waals surface area contributed by atoms with Gasteiger partial charge in [-0.3, -0.25) is 4.79 Å². The third-order valence-electron chi connectivity index (χ3n) is 5.64. The molecule has 1 aromatic carbocycles. The first kappa shape index (κ1) is 16.4. The van der Waals surface area contributed by atoms with Gasteiger partial charge in [-0.25, -0.2) is 4.52 Å². The van der Waals surface area contributed by atoms with Crippen molar-refractivity contribution in [2.75, 3.05) is 6.54 Å². The van der Waals surface area contributed by atoms with Crippen molar-refractivity contribution < 1.29 is 4.79 Å². The third-order valence-corrected chi connectivity index (χ3v) is 5.86. The van der Waals surface area contributed by atoms with E-state index in [9.17, 15) is 4.79 Å². The van der Waals surface area contributed by atoms with E-state index in [1.54, 1.807) is 16.8 Å². The van der Waals surface area contributed by atoms with Gasteiger partial charge < -0.3 is 9.47 Å². The van der Waals surface area contributed by atoms with Crippen LogP contribution in [0.4, 0.5) is 0 Å². The summed E-state index contributed by atoms with van der Waals surface area (Å²) in [6.45, 7) is 2.78. The number of hydrogen-bond donors (Lipinski definition) is 0. The van der Waals surface area contributed by atoms with Crippen molar-refractivity contribution in [2.45, 2.75) is 19.4 Å². The van der Waals surface area contributed by atoms with Crippen molar-refractivity contribution in [1.82, 2.24) is 19.1 Å². The maximum atomic E-state index is 13.2. The quantitative estimate of drug-likeness (QED) is 0.497. The lowest BCUT2D eigenvalue weighted by molar-refractivity contribution is 0.0672. The number of pyridine rings is 1. The van der Waals surface area contributed by atoms with E-state index in [-0.39, 0.29) is 11.9 Å². The van der Waals surface area contributed by atoms with E-state index in [0.29, 0.717) is 17.3 Å². The largest absolute Gasteiger partial charge is 0.351 e. The van der Waals surface area contributed by atoms with Crippen molar-refractivity contribution >= 4 is 33.9 Å². The summed E-state index contributed by atoms with van der Waals surface area (Å²) in [4.78, 5) is 15.1. The molecule has 0 spiro atoms. The highest BCUT2D eigenvalue weighted by Crippen LogP contribution is 2.35. The summed E-state index contributed by atoms with van der Waals surface area (Å²) in [6, 6.07) is 12.0. The maximum absolute atomic E-state index is 13.2. The number of carbonyl (C=O) groups excluding carboxylic acids is 1. The lowest BCUT2D eigenvalue weighted by Crippen LogP contribution is -2.39. The van der Waals surface area contributed by atoms with Gasteiger partial charge in [0.1, 0.15) is 0 Å². The van der Waals surface area contributed by atoms with Crippen LogP contribution in [0.25, 0.3) is 16.4 Å². The van der Waals surface area contributed by atoms with E-state index in [0.717, 1.165) is 11.9 Å². The van der Waals surface area contributed by atoms with Crippen molar-refractivity contribution in [3.63, 3.8) is 0 Å². The minimum atomic E-state index is -0.0406. The zero-order valence-corrected chi connectivity index (χ0v) is 15.9. The van der Waals surface area contributed by atoms with E-state index < -0.39 is 0 Å². The summed E-state index contributed by atoms with van der Waals surface area (Å²) in [6.07, 6.45) is 4.66. The molecule has 27 heavy (non-hydrogen) atoms. The van der Waals surface area contributed by atoms with E-state index >= 15 is 0 Å². The number of nitrogens with zero attached hydrogens (tertiary/aromatic N) is 4. The summed E-state index contributed by atoms with van der Waals surface area (Å²) in [5.74, 6) is -0.0406. The molecule has 5 nitrogen and oxygen atoms in total. The molecule has 4 aromatic rings. The van der Waals surface area contributed by atoms with E-state index in [4.69, 9.17) is 11.6 Å². The molecule has 136 valence electrons. The SMILES string of the molecule is CC1c2ccc3c(ccn3C)c2CCN1C(=O)c1cc2ccc(Cl)cn2n1. The summed E-state index contributed by atoms with van der Waals surface area (Å²) in [5, 5.41) is 6.31. The fourth-order valence-electron chi connectivity index (χ4n) is 4.18. The van der Waals surface area contributed by atoms with Crippen molar-refractivity contribution in [3.8, 4) is 0 Å². The van der Waals surface area contributed by atoms with Crippen LogP contribution in [0.15, 0.2) is 48.8 Å². The highest BCUT2D eigenvalue weighted by Gasteiger charge is 2.30. The monoisotopic (exact) mass is 378 g/mol. The normalized spacial score (nSPS) is 16.9. The molecule has 0 saturated heterocycles. The van der Waals surface area contributed by atoms with Crippen LogP contribution in [0.3, 0.4) is 0 Å². The zero-order chi connectivity index (χ0) is 18.7. The Morgan fingerprint density at radius 1 is 1.22 bits per heavy atom. The predicted molar refractivity (Wildman–Crippen MR) is 106 cm³/mol. The zero-order valence-electron chi connectivity index (χ0n) is 15.2. The highest BCUT2D eigenvalue weighted by molar-refractivity contribution is 6.30. The second-order valence-corrected chi connectivity index (χ2v) is 7.60. The van der Waals surface area contributed by atoms with Gasteiger partial charge >= 0.3 is 0 Å². The van der Waals surface area contributed by atoms with Gasteiger partial charge in [0.05, 0.1) is 16.6 Å². The number of benzene rings is 1. The lowest BCUT2D eigenvalue weighted by Gasteiger charge is -2.35. The Morgan fingerprint density at radius 3 is 2.93 bits per heavy atom. The van der Waals surface area contributed by atoms with Crippen molar-refractivity contribution in [3.05, 3.63) is 70.6 Å². The molecule has 1 aliphatic rings. The molecule has 4 heterocycles. The third kappa shape index (κ3) is 2.46. The molecule has 1 unspecified atom stereocenters. The highest BCUT2D eigenvalue weighted by atomic mass is 35.5. The first-order chi connectivity index (χ1) is 13.0.